The molecule has 41 heavy (non-hydrogen) atoms. The zero-order valence-electron chi connectivity index (χ0n) is 23.0. The third-order valence-corrected chi connectivity index (χ3v) is 7.21. The SMILES string of the molecule is COc1ccccc1N1CCN(c2ccc(NC(=O)c3ccccc3F)cc2C(=O)NCCc2ccccc2)CC1. The van der Waals surface area contributed by atoms with Crippen molar-refractivity contribution in [1.29, 1.82) is 0 Å². The van der Waals surface area contributed by atoms with Gasteiger partial charge in [-0.25, -0.2) is 4.39 Å². The van der Waals surface area contributed by atoms with E-state index in [1.807, 2.05) is 60.7 Å². The molecule has 0 aliphatic carbocycles. The molecular formula is C33H33FN4O3. The van der Waals surface area contributed by atoms with Gasteiger partial charge in [0.1, 0.15) is 11.6 Å². The molecular weight excluding hydrogens is 519 g/mol. The van der Waals surface area contributed by atoms with Crippen LogP contribution < -0.4 is 25.2 Å². The number of amides is 2. The molecule has 0 unspecified atom stereocenters. The molecule has 1 saturated heterocycles. The molecule has 2 amide bonds. The smallest absolute Gasteiger partial charge is 0.258 e. The van der Waals surface area contributed by atoms with Crippen LogP contribution in [0.3, 0.4) is 0 Å². The van der Waals surface area contributed by atoms with Gasteiger partial charge in [0.25, 0.3) is 11.8 Å². The molecule has 4 aromatic carbocycles. The summed E-state index contributed by atoms with van der Waals surface area (Å²) in [5, 5.41) is 5.78. The standard InChI is InChI=1S/C33H33FN4O3/c1-41-31-14-8-7-13-30(31)38-21-19-37(20-22-38)29-16-15-25(36-33(40)26-11-5-6-12-28(26)34)23-27(29)32(39)35-18-17-24-9-3-2-4-10-24/h2-16,23H,17-22H2,1H3,(H,35,39)(H,36,40). The van der Waals surface area contributed by atoms with Crippen molar-refractivity contribution in [2.75, 3.05) is 55.0 Å². The van der Waals surface area contributed by atoms with Crippen LogP contribution in [0.5, 0.6) is 5.75 Å². The maximum atomic E-state index is 14.2. The van der Waals surface area contributed by atoms with Gasteiger partial charge in [0.05, 0.1) is 23.9 Å². The second-order valence-corrected chi connectivity index (χ2v) is 9.80. The van der Waals surface area contributed by atoms with E-state index in [1.165, 1.54) is 18.2 Å². The number of piperazine rings is 1. The van der Waals surface area contributed by atoms with E-state index in [1.54, 1.807) is 25.3 Å². The first-order valence-corrected chi connectivity index (χ1v) is 13.7. The highest BCUT2D eigenvalue weighted by atomic mass is 19.1. The average molecular weight is 553 g/mol. The molecule has 1 aliphatic rings. The lowest BCUT2D eigenvalue weighted by Crippen LogP contribution is -2.47. The fraction of sp³-hybridized carbons (Fsp3) is 0.212. The van der Waals surface area contributed by atoms with Crippen molar-refractivity contribution in [3.8, 4) is 5.75 Å². The van der Waals surface area contributed by atoms with Crippen LogP contribution in [0.2, 0.25) is 0 Å². The van der Waals surface area contributed by atoms with Gasteiger partial charge in [0.15, 0.2) is 0 Å². The number of methoxy groups -OCH3 is 1. The van der Waals surface area contributed by atoms with Gasteiger partial charge in [-0.05, 0) is 54.4 Å². The number of para-hydroxylation sites is 2. The molecule has 0 radical (unpaired) electrons. The van der Waals surface area contributed by atoms with Crippen molar-refractivity contribution in [3.05, 3.63) is 120 Å². The first-order chi connectivity index (χ1) is 20.0. The molecule has 0 spiro atoms. The summed E-state index contributed by atoms with van der Waals surface area (Å²) < 4.78 is 19.7. The van der Waals surface area contributed by atoms with Crippen LogP contribution in [0.25, 0.3) is 0 Å². The number of carbonyl (C=O) groups is 2. The highest BCUT2D eigenvalue weighted by Crippen LogP contribution is 2.31. The van der Waals surface area contributed by atoms with Crippen molar-refractivity contribution in [3.63, 3.8) is 0 Å². The number of nitrogens with zero attached hydrogens (tertiary/aromatic N) is 2. The molecule has 0 atom stereocenters. The number of hydrogen-bond donors (Lipinski definition) is 2. The molecule has 1 heterocycles. The summed E-state index contributed by atoms with van der Waals surface area (Å²) in [6, 6.07) is 29.0. The Kier molecular flexibility index (Phi) is 8.79. The van der Waals surface area contributed by atoms with E-state index in [4.69, 9.17) is 4.74 Å². The number of ether oxygens (including phenoxy) is 1. The monoisotopic (exact) mass is 552 g/mol. The number of nitrogens with one attached hydrogen (secondary N) is 2. The minimum Gasteiger partial charge on any atom is -0.495 e. The van der Waals surface area contributed by atoms with E-state index >= 15 is 0 Å². The minimum absolute atomic E-state index is 0.0575. The molecule has 0 saturated carbocycles. The maximum absolute atomic E-state index is 14.2. The van der Waals surface area contributed by atoms with Crippen molar-refractivity contribution < 1.29 is 18.7 Å². The number of hydrogen-bond acceptors (Lipinski definition) is 5. The summed E-state index contributed by atoms with van der Waals surface area (Å²) in [5.41, 5.74) is 3.77. The summed E-state index contributed by atoms with van der Waals surface area (Å²) >= 11 is 0. The Bertz CT molecular complexity index is 1500. The van der Waals surface area contributed by atoms with E-state index in [0.29, 0.717) is 37.3 Å². The number of halogens is 1. The Balaban J connectivity index is 1.35. The Hall–Kier alpha value is -4.85. The zero-order valence-corrected chi connectivity index (χ0v) is 23.0. The maximum Gasteiger partial charge on any atom is 0.258 e. The molecule has 0 aromatic heterocycles. The average Bonchev–Trinajstić information content (AvgIpc) is 3.02. The molecule has 0 bridgehead atoms. The predicted molar refractivity (Wildman–Crippen MR) is 161 cm³/mol. The summed E-state index contributed by atoms with van der Waals surface area (Å²) in [5.74, 6) is -0.579. The first-order valence-electron chi connectivity index (χ1n) is 13.7. The van der Waals surface area contributed by atoms with Gasteiger partial charge in [0.2, 0.25) is 0 Å². The highest BCUT2D eigenvalue weighted by molar-refractivity contribution is 6.06. The Labute approximate surface area is 239 Å². The van der Waals surface area contributed by atoms with Gasteiger partial charge in [-0.3, -0.25) is 9.59 Å². The number of anilines is 3. The largest absolute Gasteiger partial charge is 0.495 e. The molecule has 8 heteroatoms. The van der Waals surface area contributed by atoms with Crippen LogP contribution in [0, 0.1) is 5.82 Å². The van der Waals surface area contributed by atoms with Crippen LogP contribution in [0.4, 0.5) is 21.5 Å². The fourth-order valence-corrected chi connectivity index (χ4v) is 5.05. The lowest BCUT2D eigenvalue weighted by atomic mass is 10.1. The van der Waals surface area contributed by atoms with Crippen LogP contribution in [0.15, 0.2) is 97.1 Å². The van der Waals surface area contributed by atoms with E-state index in [-0.39, 0.29) is 11.5 Å². The second kappa shape index (κ2) is 13.0. The third-order valence-electron chi connectivity index (χ3n) is 7.21. The summed E-state index contributed by atoms with van der Waals surface area (Å²) in [4.78, 5) is 30.7. The van der Waals surface area contributed by atoms with Crippen molar-refractivity contribution in [2.45, 2.75) is 6.42 Å². The molecule has 4 aromatic rings. The third kappa shape index (κ3) is 6.66. The van der Waals surface area contributed by atoms with Gasteiger partial charge in [-0.15, -0.1) is 0 Å². The number of benzene rings is 4. The predicted octanol–water partition coefficient (Wildman–Crippen LogP) is 5.39. The van der Waals surface area contributed by atoms with E-state index in [2.05, 4.69) is 20.4 Å². The Morgan fingerprint density at radius 2 is 1.41 bits per heavy atom. The topological polar surface area (TPSA) is 73.9 Å². The van der Waals surface area contributed by atoms with Crippen molar-refractivity contribution in [1.82, 2.24) is 5.32 Å². The van der Waals surface area contributed by atoms with Crippen LogP contribution in [0.1, 0.15) is 26.3 Å². The number of carbonyl (C=O) groups excluding carboxylic acids is 2. The fourth-order valence-electron chi connectivity index (χ4n) is 5.05. The molecule has 2 N–H and O–H groups in total. The second-order valence-electron chi connectivity index (χ2n) is 9.80. The molecule has 7 nitrogen and oxygen atoms in total. The molecule has 1 aliphatic heterocycles. The van der Waals surface area contributed by atoms with Gasteiger partial charge >= 0.3 is 0 Å². The lowest BCUT2D eigenvalue weighted by Gasteiger charge is -2.38. The lowest BCUT2D eigenvalue weighted by molar-refractivity contribution is 0.0953. The van der Waals surface area contributed by atoms with Crippen LogP contribution in [-0.4, -0.2) is 51.6 Å². The van der Waals surface area contributed by atoms with E-state index in [9.17, 15) is 14.0 Å². The molecule has 5 rings (SSSR count). The first kappa shape index (κ1) is 27.7. The Morgan fingerprint density at radius 3 is 2.15 bits per heavy atom. The quantitative estimate of drug-likeness (QED) is 0.292. The van der Waals surface area contributed by atoms with E-state index in [0.717, 1.165) is 35.8 Å². The Morgan fingerprint density at radius 1 is 0.756 bits per heavy atom. The summed E-state index contributed by atoms with van der Waals surface area (Å²) in [6.45, 7) is 3.37. The highest BCUT2D eigenvalue weighted by Gasteiger charge is 2.24. The minimum atomic E-state index is -0.603. The van der Waals surface area contributed by atoms with Gasteiger partial charge < -0.3 is 25.2 Å². The van der Waals surface area contributed by atoms with E-state index < -0.39 is 11.7 Å². The van der Waals surface area contributed by atoms with Crippen LogP contribution in [-0.2, 0) is 6.42 Å². The molecule has 210 valence electrons. The summed E-state index contributed by atoms with van der Waals surface area (Å²) in [6.07, 6.45) is 0.698. The van der Waals surface area contributed by atoms with Gasteiger partial charge in [-0.2, -0.15) is 0 Å². The van der Waals surface area contributed by atoms with Gasteiger partial charge in [-0.1, -0.05) is 54.6 Å². The number of rotatable bonds is 9. The van der Waals surface area contributed by atoms with Crippen molar-refractivity contribution in [2.24, 2.45) is 0 Å². The van der Waals surface area contributed by atoms with Crippen LogP contribution >= 0.6 is 0 Å². The normalized spacial score (nSPS) is 13.0. The molecule has 1 fully saturated rings. The van der Waals surface area contributed by atoms with Crippen molar-refractivity contribution >= 4 is 28.9 Å². The zero-order chi connectivity index (χ0) is 28.6. The summed E-state index contributed by atoms with van der Waals surface area (Å²) in [7, 11) is 1.67. The van der Waals surface area contributed by atoms with Gasteiger partial charge in [0, 0.05) is 44.1 Å².